The van der Waals surface area contributed by atoms with Gasteiger partial charge < -0.3 is 14.6 Å². The molecule has 2 aromatic rings. The van der Waals surface area contributed by atoms with Crippen LogP contribution in [-0.2, 0) is 13.1 Å². The van der Waals surface area contributed by atoms with E-state index in [1.165, 1.54) is 0 Å². The summed E-state index contributed by atoms with van der Waals surface area (Å²) < 4.78 is 1.95. The van der Waals surface area contributed by atoms with Crippen molar-refractivity contribution >= 4 is 5.91 Å². The van der Waals surface area contributed by atoms with Gasteiger partial charge in [0.1, 0.15) is 12.1 Å². The first kappa shape index (κ1) is 11.7. The van der Waals surface area contributed by atoms with Crippen LogP contribution in [0.1, 0.15) is 21.7 Å². The van der Waals surface area contributed by atoms with Gasteiger partial charge in [-0.1, -0.05) is 0 Å². The van der Waals surface area contributed by atoms with E-state index in [2.05, 4.69) is 10.2 Å². The van der Waals surface area contributed by atoms with Crippen molar-refractivity contribution in [2.24, 2.45) is 0 Å². The molecule has 0 fully saturated rings. The zero-order chi connectivity index (χ0) is 13.4. The minimum Gasteiger partial charge on any atom is -0.508 e. The van der Waals surface area contributed by atoms with Crippen molar-refractivity contribution in [3.8, 4) is 5.75 Å². The molecule has 2 heterocycles. The van der Waals surface area contributed by atoms with E-state index in [-0.39, 0.29) is 11.7 Å². The van der Waals surface area contributed by atoms with Crippen LogP contribution in [0.2, 0.25) is 0 Å². The molecule has 0 bridgehead atoms. The number of amides is 1. The maximum absolute atomic E-state index is 12.4. The summed E-state index contributed by atoms with van der Waals surface area (Å²) in [5.74, 6) is 0.961. The van der Waals surface area contributed by atoms with Crippen molar-refractivity contribution in [3.05, 3.63) is 41.5 Å². The van der Waals surface area contributed by atoms with Crippen LogP contribution in [-0.4, -0.2) is 37.2 Å². The molecule has 1 aromatic heterocycles. The van der Waals surface area contributed by atoms with E-state index in [1.807, 2.05) is 4.57 Å². The van der Waals surface area contributed by atoms with Gasteiger partial charge in [0.05, 0.1) is 6.54 Å². The molecular weight excluding hydrogens is 244 g/mol. The van der Waals surface area contributed by atoms with Crippen molar-refractivity contribution in [2.75, 3.05) is 6.54 Å². The van der Waals surface area contributed by atoms with Gasteiger partial charge in [-0.3, -0.25) is 4.79 Å². The van der Waals surface area contributed by atoms with Gasteiger partial charge in [-0.25, -0.2) is 0 Å². The number of carbonyl (C=O) groups is 1. The second-order valence-corrected chi connectivity index (χ2v) is 4.67. The van der Waals surface area contributed by atoms with Gasteiger partial charge in [-0.05, 0) is 30.7 Å². The Labute approximate surface area is 110 Å². The highest BCUT2D eigenvalue weighted by Gasteiger charge is 2.23. The summed E-state index contributed by atoms with van der Waals surface area (Å²) in [6, 6.07) is 4.90. The molecule has 1 aliphatic heterocycles. The Hall–Kier alpha value is -2.37. The Kier molecular flexibility index (Phi) is 2.70. The number of aromatic hydroxyl groups is 1. The monoisotopic (exact) mass is 258 g/mol. The van der Waals surface area contributed by atoms with Crippen LogP contribution >= 0.6 is 0 Å². The summed E-state index contributed by atoms with van der Waals surface area (Å²) in [5.41, 5.74) is 1.29. The highest BCUT2D eigenvalue weighted by molar-refractivity contribution is 5.94. The number of hydrogen-bond acceptors (Lipinski definition) is 4. The molecule has 19 heavy (non-hydrogen) atoms. The van der Waals surface area contributed by atoms with Gasteiger partial charge in [-0.2, -0.15) is 0 Å². The third-order valence-electron chi connectivity index (χ3n) is 3.37. The third kappa shape index (κ3) is 2.05. The Morgan fingerprint density at radius 2 is 2.21 bits per heavy atom. The van der Waals surface area contributed by atoms with Crippen LogP contribution in [0.25, 0.3) is 0 Å². The first-order valence-electron chi connectivity index (χ1n) is 6.11. The summed E-state index contributed by atoms with van der Waals surface area (Å²) in [7, 11) is 0. The maximum atomic E-state index is 12.4. The van der Waals surface area contributed by atoms with Gasteiger partial charge in [-0.15, -0.1) is 10.2 Å². The predicted molar refractivity (Wildman–Crippen MR) is 67.6 cm³/mol. The minimum absolute atomic E-state index is 0.0441. The third-order valence-corrected chi connectivity index (χ3v) is 3.37. The molecule has 0 radical (unpaired) electrons. The van der Waals surface area contributed by atoms with Gasteiger partial charge in [0.15, 0.2) is 5.82 Å². The summed E-state index contributed by atoms with van der Waals surface area (Å²) in [6.07, 6.45) is 1.68. The maximum Gasteiger partial charge on any atom is 0.254 e. The highest BCUT2D eigenvalue weighted by Crippen LogP contribution is 2.19. The van der Waals surface area contributed by atoms with E-state index in [4.69, 9.17) is 0 Å². The number of phenols is 1. The molecule has 0 atom stereocenters. The van der Waals surface area contributed by atoms with E-state index in [0.717, 1.165) is 5.82 Å². The fraction of sp³-hybridized carbons (Fsp3) is 0.308. The summed E-state index contributed by atoms with van der Waals surface area (Å²) in [5, 5.41) is 17.3. The number of carbonyl (C=O) groups excluding carboxylic acids is 1. The van der Waals surface area contributed by atoms with Crippen LogP contribution in [0.15, 0.2) is 24.5 Å². The summed E-state index contributed by atoms with van der Waals surface area (Å²) >= 11 is 0. The van der Waals surface area contributed by atoms with Crippen molar-refractivity contribution in [1.29, 1.82) is 0 Å². The van der Waals surface area contributed by atoms with Crippen molar-refractivity contribution in [3.63, 3.8) is 0 Å². The molecule has 0 saturated carbocycles. The van der Waals surface area contributed by atoms with Crippen LogP contribution in [0.4, 0.5) is 0 Å². The van der Waals surface area contributed by atoms with E-state index in [1.54, 1.807) is 36.4 Å². The lowest BCUT2D eigenvalue weighted by molar-refractivity contribution is 0.0707. The molecule has 98 valence electrons. The largest absolute Gasteiger partial charge is 0.508 e. The SMILES string of the molecule is Cc1cc(C(=O)N2CCn3cnnc3C2)ccc1O. The van der Waals surface area contributed by atoms with Crippen molar-refractivity contribution in [1.82, 2.24) is 19.7 Å². The second kappa shape index (κ2) is 4.38. The zero-order valence-corrected chi connectivity index (χ0v) is 10.6. The molecule has 6 heteroatoms. The lowest BCUT2D eigenvalue weighted by Gasteiger charge is -2.27. The van der Waals surface area contributed by atoms with Gasteiger partial charge in [0, 0.05) is 18.7 Å². The molecule has 1 aromatic carbocycles. The fourth-order valence-electron chi connectivity index (χ4n) is 2.21. The number of phenolic OH excluding ortho intramolecular Hbond substituents is 1. The van der Waals surface area contributed by atoms with Crippen LogP contribution in [0, 0.1) is 6.92 Å². The topological polar surface area (TPSA) is 71.2 Å². The molecule has 0 spiro atoms. The van der Waals surface area contributed by atoms with Gasteiger partial charge in [0.25, 0.3) is 5.91 Å². The fourth-order valence-corrected chi connectivity index (χ4v) is 2.21. The number of hydrogen-bond donors (Lipinski definition) is 1. The molecule has 0 unspecified atom stereocenters. The molecule has 3 rings (SSSR count). The van der Waals surface area contributed by atoms with Gasteiger partial charge in [0.2, 0.25) is 0 Å². The van der Waals surface area contributed by atoms with Crippen molar-refractivity contribution in [2.45, 2.75) is 20.0 Å². The molecular formula is C13H14N4O2. The lowest BCUT2D eigenvalue weighted by Crippen LogP contribution is -2.38. The minimum atomic E-state index is -0.0441. The quantitative estimate of drug-likeness (QED) is 0.826. The average molecular weight is 258 g/mol. The molecule has 1 amide bonds. The Balaban J connectivity index is 1.83. The number of rotatable bonds is 1. The number of benzene rings is 1. The lowest BCUT2D eigenvalue weighted by atomic mass is 10.1. The van der Waals surface area contributed by atoms with E-state index >= 15 is 0 Å². The van der Waals surface area contributed by atoms with Gasteiger partial charge >= 0.3 is 0 Å². The Morgan fingerprint density at radius 1 is 1.37 bits per heavy atom. The smallest absolute Gasteiger partial charge is 0.254 e. The molecule has 1 aliphatic rings. The van der Waals surface area contributed by atoms with Crippen LogP contribution < -0.4 is 0 Å². The molecule has 0 saturated heterocycles. The first-order valence-corrected chi connectivity index (χ1v) is 6.11. The number of fused-ring (bicyclic) bond motifs is 1. The zero-order valence-electron chi connectivity index (χ0n) is 10.6. The molecule has 0 aliphatic carbocycles. The van der Waals surface area contributed by atoms with E-state index in [0.29, 0.717) is 30.8 Å². The Bertz CT molecular complexity index is 635. The summed E-state index contributed by atoms with van der Waals surface area (Å²) in [4.78, 5) is 14.1. The van der Waals surface area contributed by atoms with Crippen LogP contribution in [0.3, 0.4) is 0 Å². The van der Waals surface area contributed by atoms with Crippen molar-refractivity contribution < 1.29 is 9.90 Å². The number of aryl methyl sites for hydroxylation is 1. The van der Waals surface area contributed by atoms with E-state index < -0.39 is 0 Å². The standard InChI is InChI=1S/C13H14N4O2/c1-9-6-10(2-3-11(9)18)13(19)16-4-5-17-8-14-15-12(17)7-16/h2-3,6,8,18H,4-5,7H2,1H3. The predicted octanol–water partition coefficient (Wildman–Crippen LogP) is 0.948. The molecule has 1 N–H and O–H groups in total. The Morgan fingerprint density at radius 3 is 3.00 bits per heavy atom. The highest BCUT2D eigenvalue weighted by atomic mass is 16.3. The average Bonchev–Trinajstić information content (AvgIpc) is 2.88. The first-order chi connectivity index (χ1) is 9.15. The van der Waals surface area contributed by atoms with Crippen LogP contribution in [0.5, 0.6) is 5.75 Å². The summed E-state index contributed by atoms with van der Waals surface area (Å²) in [6.45, 7) is 3.60. The number of nitrogens with zero attached hydrogens (tertiary/aromatic N) is 4. The normalized spacial score (nSPS) is 14.3. The second-order valence-electron chi connectivity index (χ2n) is 4.67. The number of aromatic nitrogens is 3. The molecule has 6 nitrogen and oxygen atoms in total. The van der Waals surface area contributed by atoms with E-state index in [9.17, 15) is 9.90 Å².